The van der Waals surface area contributed by atoms with Gasteiger partial charge in [-0.3, -0.25) is 0 Å². The monoisotopic (exact) mass is 189 g/mol. The number of ether oxygens (including phenoxy) is 1. The third kappa shape index (κ3) is 1.66. The molecule has 2 aromatic rings. The van der Waals surface area contributed by atoms with Gasteiger partial charge in [0.05, 0.1) is 6.61 Å². The highest BCUT2D eigenvalue weighted by atomic mass is 16.5. The SMILES string of the molecule is COCCc1c[nH]c2ccc(C)cc12. The summed E-state index contributed by atoms with van der Waals surface area (Å²) in [6, 6.07) is 6.47. The number of H-pyrrole nitrogens is 1. The van der Waals surface area contributed by atoms with Gasteiger partial charge in [-0.1, -0.05) is 11.6 Å². The molecule has 0 spiro atoms. The number of aromatic nitrogens is 1. The first-order valence-electron chi connectivity index (χ1n) is 4.87. The van der Waals surface area contributed by atoms with Crippen molar-refractivity contribution in [3.63, 3.8) is 0 Å². The van der Waals surface area contributed by atoms with Crippen LogP contribution in [0.5, 0.6) is 0 Å². The van der Waals surface area contributed by atoms with E-state index in [1.165, 1.54) is 22.0 Å². The molecular weight excluding hydrogens is 174 g/mol. The topological polar surface area (TPSA) is 25.0 Å². The fourth-order valence-corrected chi connectivity index (χ4v) is 1.71. The molecule has 0 aliphatic heterocycles. The number of hydrogen-bond acceptors (Lipinski definition) is 1. The third-order valence-electron chi connectivity index (χ3n) is 2.50. The summed E-state index contributed by atoms with van der Waals surface area (Å²) in [5.74, 6) is 0. The summed E-state index contributed by atoms with van der Waals surface area (Å²) >= 11 is 0. The fraction of sp³-hybridized carbons (Fsp3) is 0.333. The smallest absolute Gasteiger partial charge is 0.0503 e. The summed E-state index contributed by atoms with van der Waals surface area (Å²) in [5, 5.41) is 1.32. The molecule has 0 aliphatic rings. The molecular formula is C12H15NO. The zero-order valence-electron chi connectivity index (χ0n) is 8.63. The second kappa shape index (κ2) is 3.84. The molecule has 1 aromatic carbocycles. The maximum absolute atomic E-state index is 5.08. The van der Waals surface area contributed by atoms with Crippen molar-refractivity contribution < 1.29 is 4.74 Å². The van der Waals surface area contributed by atoms with Gasteiger partial charge in [0, 0.05) is 24.2 Å². The van der Waals surface area contributed by atoms with Crippen LogP contribution in [-0.4, -0.2) is 18.7 Å². The molecule has 0 radical (unpaired) electrons. The lowest BCUT2D eigenvalue weighted by atomic mass is 10.1. The van der Waals surface area contributed by atoms with Gasteiger partial charge in [-0.05, 0) is 31.0 Å². The molecule has 0 fully saturated rings. The Hall–Kier alpha value is -1.28. The lowest BCUT2D eigenvalue weighted by Gasteiger charge is -1.98. The standard InChI is InChI=1S/C12H15NO/c1-9-3-4-12-11(7-9)10(8-13-12)5-6-14-2/h3-4,7-8,13H,5-6H2,1-2H3. The lowest BCUT2D eigenvalue weighted by molar-refractivity contribution is 0.202. The Kier molecular flexibility index (Phi) is 2.55. The van der Waals surface area contributed by atoms with Gasteiger partial charge in [-0.25, -0.2) is 0 Å². The fourth-order valence-electron chi connectivity index (χ4n) is 1.71. The quantitative estimate of drug-likeness (QED) is 0.789. The Morgan fingerprint density at radius 3 is 3.00 bits per heavy atom. The zero-order chi connectivity index (χ0) is 9.97. The van der Waals surface area contributed by atoms with Crippen molar-refractivity contribution in [1.82, 2.24) is 4.98 Å². The molecule has 2 rings (SSSR count). The van der Waals surface area contributed by atoms with Gasteiger partial charge in [0.25, 0.3) is 0 Å². The average Bonchev–Trinajstić information content (AvgIpc) is 2.57. The Morgan fingerprint density at radius 2 is 2.21 bits per heavy atom. The van der Waals surface area contributed by atoms with E-state index in [-0.39, 0.29) is 0 Å². The number of rotatable bonds is 3. The van der Waals surface area contributed by atoms with Crippen molar-refractivity contribution in [2.75, 3.05) is 13.7 Å². The van der Waals surface area contributed by atoms with Crippen LogP contribution in [0.25, 0.3) is 10.9 Å². The Balaban J connectivity index is 2.40. The van der Waals surface area contributed by atoms with Crippen LogP contribution in [0.4, 0.5) is 0 Å². The molecule has 0 unspecified atom stereocenters. The Labute approximate surface area is 83.9 Å². The maximum atomic E-state index is 5.08. The van der Waals surface area contributed by atoms with Gasteiger partial charge in [0.15, 0.2) is 0 Å². The lowest BCUT2D eigenvalue weighted by Crippen LogP contribution is -1.92. The van der Waals surface area contributed by atoms with Crippen LogP contribution in [0.1, 0.15) is 11.1 Å². The number of methoxy groups -OCH3 is 1. The first-order valence-corrected chi connectivity index (χ1v) is 4.87. The Morgan fingerprint density at radius 1 is 1.36 bits per heavy atom. The molecule has 74 valence electrons. The Bertz CT molecular complexity index is 431. The van der Waals surface area contributed by atoms with E-state index in [0.717, 1.165) is 13.0 Å². The van der Waals surface area contributed by atoms with Gasteiger partial charge < -0.3 is 9.72 Å². The van der Waals surface area contributed by atoms with Crippen molar-refractivity contribution >= 4 is 10.9 Å². The van der Waals surface area contributed by atoms with Crippen molar-refractivity contribution in [2.45, 2.75) is 13.3 Å². The van der Waals surface area contributed by atoms with E-state index in [2.05, 4.69) is 36.3 Å². The first-order chi connectivity index (χ1) is 6.81. The van der Waals surface area contributed by atoms with E-state index in [4.69, 9.17) is 4.74 Å². The zero-order valence-corrected chi connectivity index (χ0v) is 8.63. The van der Waals surface area contributed by atoms with Gasteiger partial charge in [0.2, 0.25) is 0 Å². The largest absolute Gasteiger partial charge is 0.384 e. The van der Waals surface area contributed by atoms with E-state index in [1.807, 2.05) is 0 Å². The molecule has 2 heteroatoms. The summed E-state index contributed by atoms with van der Waals surface area (Å²) in [6.45, 7) is 2.90. The highest BCUT2D eigenvalue weighted by Crippen LogP contribution is 2.19. The molecule has 1 N–H and O–H groups in total. The molecule has 0 saturated carbocycles. The second-order valence-electron chi connectivity index (χ2n) is 3.61. The molecule has 0 amide bonds. The van der Waals surface area contributed by atoms with Crippen molar-refractivity contribution in [2.24, 2.45) is 0 Å². The molecule has 0 atom stereocenters. The van der Waals surface area contributed by atoms with Crippen LogP contribution in [0.15, 0.2) is 24.4 Å². The predicted octanol–water partition coefficient (Wildman–Crippen LogP) is 2.67. The first kappa shape index (κ1) is 9.28. The van der Waals surface area contributed by atoms with E-state index in [1.54, 1.807) is 7.11 Å². The molecule has 0 saturated heterocycles. The summed E-state index contributed by atoms with van der Waals surface area (Å²) in [6.07, 6.45) is 3.04. The minimum absolute atomic E-state index is 0.779. The van der Waals surface area contributed by atoms with E-state index >= 15 is 0 Å². The second-order valence-corrected chi connectivity index (χ2v) is 3.61. The summed E-state index contributed by atoms with van der Waals surface area (Å²) in [4.78, 5) is 3.27. The molecule has 0 aliphatic carbocycles. The third-order valence-corrected chi connectivity index (χ3v) is 2.50. The van der Waals surface area contributed by atoms with Crippen molar-refractivity contribution in [3.05, 3.63) is 35.5 Å². The minimum Gasteiger partial charge on any atom is -0.384 e. The van der Waals surface area contributed by atoms with Crippen LogP contribution in [0.2, 0.25) is 0 Å². The number of nitrogens with one attached hydrogen (secondary N) is 1. The number of benzene rings is 1. The summed E-state index contributed by atoms with van der Waals surface area (Å²) in [7, 11) is 1.74. The van der Waals surface area contributed by atoms with Crippen LogP contribution in [-0.2, 0) is 11.2 Å². The summed E-state index contributed by atoms with van der Waals surface area (Å²) in [5.41, 5.74) is 3.85. The summed E-state index contributed by atoms with van der Waals surface area (Å²) < 4.78 is 5.08. The molecule has 0 bridgehead atoms. The van der Waals surface area contributed by atoms with Gasteiger partial charge in [0.1, 0.15) is 0 Å². The van der Waals surface area contributed by atoms with Crippen molar-refractivity contribution in [3.8, 4) is 0 Å². The number of aromatic amines is 1. The van der Waals surface area contributed by atoms with Crippen LogP contribution >= 0.6 is 0 Å². The number of fused-ring (bicyclic) bond motifs is 1. The van der Waals surface area contributed by atoms with Crippen molar-refractivity contribution in [1.29, 1.82) is 0 Å². The highest BCUT2D eigenvalue weighted by Gasteiger charge is 2.02. The van der Waals surface area contributed by atoms with Gasteiger partial charge in [-0.2, -0.15) is 0 Å². The normalized spacial score (nSPS) is 11.0. The van der Waals surface area contributed by atoms with Gasteiger partial charge >= 0.3 is 0 Å². The van der Waals surface area contributed by atoms with Crippen LogP contribution in [0.3, 0.4) is 0 Å². The molecule has 14 heavy (non-hydrogen) atoms. The van der Waals surface area contributed by atoms with Crippen LogP contribution in [0, 0.1) is 6.92 Å². The molecule has 2 nitrogen and oxygen atoms in total. The van der Waals surface area contributed by atoms with E-state index in [0.29, 0.717) is 0 Å². The minimum atomic E-state index is 0.779. The van der Waals surface area contributed by atoms with E-state index < -0.39 is 0 Å². The predicted molar refractivity (Wildman–Crippen MR) is 58.6 cm³/mol. The average molecular weight is 189 g/mol. The molecule has 1 aromatic heterocycles. The van der Waals surface area contributed by atoms with E-state index in [9.17, 15) is 0 Å². The number of aryl methyl sites for hydroxylation is 1. The maximum Gasteiger partial charge on any atom is 0.0503 e. The molecule has 1 heterocycles. The highest BCUT2D eigenvalue weighted by molar-refractivity contribution is 5.83. The number of hydrogen-bond donors (Lipinski definition) is 1. The van der Waals surface area contributed by atoms with Crippen LogP contribution < -0.4 is 0 Å². The van der Waals surface area contributed by atoms with Gasteiger partial charge in [-0.15, -0.1) is 0 Å².